The largest absolute Gasteiger partial charge is 0.469 e. The molecule has 112 valence electrons. The van der Waals surface area contributed by atoms with Crippen LogP contribution in [0.4, 0.5) is 0 Å². The number of rotatable bonds is 9. The van der Waals surface area contributed by atoms with Crippen LogP contribution in [0, 0.1) is 0 Å². The molecule has 0 bridgehead atoms. The molecule has 1 rings (SSSR count). The Kier molecular flexibility index (Phi) is 7.92. The van der Waals surface area contributed by atoms with Gasteiger partial charge in [-0.2, -0.15) is 0 Å². The van der Waals surface area contributed by atoms with Crippen LogP contribution in [0.2, 0.25) is 0 Å². The van der Waals surface area contributed by atoms with Gasteiger partial charge in [-0.3, -0.25) is 4.79 Å². The summed E-state index contributed by atoms with van der Waals surface area (Å²) in [4.78, 5) is 13.6. The Balaban J connectivity index is 2.45. The minimum Gasteiger partial charge on any atom is -0.469 e. The Morgan fingerprint density at radius 1 is 1.30 bits per heavy atom. The molecule has 1 atom stereocenters. The van der Waals surface area contributed by atoms with Crippen LogP contribution in [0.3, 0.4) is 0 Å². The van der Waals surface area contributed by atoms with E-state index in [4.69, 9.17) is 4.74 Å². The molecule has 0 saturated carbocycles. The molecule has 1 unspecified atom stereocenters. The third kappa shape index (κ3) is 7.26. The first-order valence-electron chi connectivity index (χ1n) is 7.10. The van der Waals surface area contributed by atoms with Gasteiger partial charge >= 0.3 is 5.97 Å². The van der Waals surface area contributed by atoms with Crippen molar-refractivity contribution in [1.82, 2.24) is 10.2 Å². The summed E-state index contributed by atoms with van der Waals surface area (Å²) < 4.78 is 4.78. The Bertz CT molecular complexity index is 379. The molecule has 0 saturated heterocycles. The lowest BCUT2D eigenvalue weighted by molar-refractivity contribution is -0.141. The number of nitrogens with one attached hydrogen (secondary N) is 1. The van der Waals surface area contributed by atoms with E-state index in [1.54, 1.807) is 0 Å². The Labute approximate surface area is 122 Å². The number of ether oxygens (including phenoxy) is 1. The molecular formula is C16H26N2O2. The molecule has 0 amide bonds. The van der Waals surface area contributed by atoms with E-state index in [9.17, 15) is 4.79 Å². The fourth-order valence-corrected chi connectivity index (χ4v) is 2.10. The van der Waals surface area contributed by atoms with E-state index in [-0.39, 0.29) is 12.0 Å². The summed E-state index contributed by atoms with van der Waals surface area (Å²) in [7, 11) is 5.57. The molecule has 1 N–H and O–H groups in total. The van der Waals surface area contributed by atoms with Crippen molar-refractivity contribution in [2.45, 2.75) is 25.3 Å². The van der Waals surface area contributed by atoms with Gasteiger partial charge in [-0.05, 0) is 45.6 Å². The van der Waals surface area contributed by atoms with E-state index in [0.717, 1.165) is 25.9 Å². The first kappa shape index (κ1) is 16.7. The highest BCUT2D eigenvalue weighted by atomic mass is 16.5. The standard InChI is InChI=1S/C16H26N2O2/c1-18(2)11-7-10-17-15(13-16(19)20-3)12-14-8-5-4-6-9-14/h4-6,8-9,15,17H,7,10-13H2,1-3H3. The number of hydrogen-bond acceptors (Lipinski definition) is 4. The maximum absolute atomic E-state index is 11.5. The Hall–Kier alpha value is -1.39. The SMILES string of the molecule is COC(=O)CC(Cc1ccccc1)NCCCN(C)C. The fraction of sp³-hybridized carbons (Fsp3) is 0.562. The minimum atomic E-state index is -0.161. The molecule has 0 aliphatic heterocycles. The lowest BCUT2D eigenvalue weighted by atomic mass is 10.0. The minimum absolute atomic E-state index is 0.131. The third-order valence-corrected chi connectivity index (χ3v) is 3.18. The summed E-state index contributed by atoms with van der Waals surface area (Å²) in [6.45, 7) is 1.95. The van der Waals surface area contributed by atoms with Crippen LogP contribution in [0.5, 0.6) is 0 Å². The molecule has 4 nitrogen and oxygen atoms in total. The van der Waals surface area contributed by atoms with E-state index in [2.05, 4.69) is 36.4 Å². The average molecular weight is 278 g/mol. The first-order chi connectivity index (χ1) is 9.61. The van der Waals surface area contributed by atoms with Crippen molar-refractivity contribution in [3.8, 4) is 0 Å². The summed E-state index contributed by atoms with van der Waals surface area (Å²) in [5.41, 5.74) is 1.24. The molecule has 0 aliphatic carbocycles. The van der Waals surface area contributed by atoms with E-state index < -0.39 is 0 Å². The molecule has 0 aliphatic rings. The summed E-state index contributed by atoms with van der Waals surface area (Å²) in [6, 6.07) is 10.4. The normalized spacial score (nSPS) is 12.4. The monoisotopic (exact) mass is 278 g/mol. The summed E-state index contributed by atoms with van der Waals surface area (Å²) >= 11 is 0. The van der Waals surface area contributed by atoms with Crippen molar-refractivity contribution in [1.29, 1.82) is 0 Å². The van der Waals surface area contributed by atoms with E-state index in [0.29, 0.717) is 6.42 Å². The number of methoxy groups -OCH3 is 1. The maximum Gasteiger partial charge on any atom is 0.307 e. The van der Waals surface area contributed by atoms with E-state index in [1.807, 2.05) is 18.2 Å². The Morgan fingerprint density at radius 3 is 2.60 bits per heavy atom. The molecule has 0 aromatic heterocycles. The molecule has 20 heavy (non-hydrogen) atoms. The number of esters is 1. The van der Waals surface area contributed by atoms with Gasteiger partial charge in [-0.1, -0.05) is 30.3 Å². The molecule has 4 heteroatoms. The van der Waals surface area contributed by atoms with Crippen molar-refractivity contribution < 1.29 is 9.53 Å². The van der Waals surface area contributed by atoms with Gasteiger partial charge in [0.25, 0.3) is 0 Å². The number of hydrogen-bond donors (Lipinski definition) is 1. The van der Waals surface area contributed by atoms with Gasteiger partial charge in [0, 0.05) is 6.04 Å². The number of carbonyl (C=O) groups excluding carboxylic acids is 1. The highest BCUT2D eigenvalue weighted by Crippen LogP contribution is 2.06. The van der Waals surface area contributed by atoms with Crippen LogP contribution in [0.25, 0.3) is 0 Å². The number of benzene rings is 1. The zero-order chi connectivity index (χ0) is 14.8. The molecule has 1 aromatic carbocycles. The van der Waals surface area contributed by atoms with Gasteiger partial charge in [-0.25, -0.2) is 0 Å². The van der Waals surface area contributed by atoms with Gasteiger partial charge in [0.05, 0.1) is 13.5 Å². The quantitative estimate of drug-likeness (QED) is 0.551. The third-order valence-electron chi connectivity index (χ3n) is 3.18. The first-order valence-corrected chi connectivity index (χ1v) is 7.10. The van der Waals surface area contributed by atoms with Crippen molar-refractivity contribution in [2.75, 3.05) is 34.3 Å². The van der Waals surface area contributed by atoms with Gasteiger partial charge in [-0.15, -0.1) is 0 Å². The summed E-state index contributed by atoms with van der Waals surface area (Å²) in [5.74, 6) is -0.161. The fourth-order valence-electron chi connectivity index (χ4n) is 2.10. The van der Waals surface area contributed by atoms with Crippen LogP contribution in [0.1, 0.15) is 18.4 Å². The molecule has 0 heterocycles. The predicted octanol–water partition coefficient (Wildman–Crippen LogP) is 1.70. The lowest BCUT2D eigenvalue weighted by Crippen LogP contribution is -2.35. The van der Waals surface area contributed by atoms with Gasteiger partial charge in [0.15, 0.2) is 0 Å². The lowest BCUT2D eigenvalue weighted by Gasteiger charge is -2.18. The second kappa shape index (κ2) is 9.50. The Morgan fingerprint density at radius 2 is 2.00 bits per heavy atom. The van der Waals surface area contributed by atoms with E-state index >= 15 is 0 Å². The molecular weight excluding hydrogens is 252 g/mol. The van der Waals surface area contributed by atoms with Gasteiger partial charge in [0.1, 0.15) is 0 Å². The van der Waals surface area contributed by atoms with Crippen molar-refractivity contribution in [3.05, 3.63) is 35.9 Å². The van der Waals surface area contributed by atoms with Crippen molar-refractivity contribution in [2.24, 2.45) is 0 Å². The van der Waals surface area contributed by atoms with Crippen molar-refractivity contribution >= 4 is 5.97 Å². The van der Waals surface area contributed by atoms with Crippen LogP contribution in [-0.4, -0.2) is 51.2 Å². The van der Waals surface area contributed by atoms with Crippen LogP contribution >= 0.6 is 0 Å². The van der Waals surface area contributed by atoms with Crippen LogP contribution in [0.15, 0.2) is 30.3 Å². The predicted molar refractivity (Wildman–Crippen MR) is 81.7 cm³/mol. The molecule has 0 radical (unpaired) electrons. The van der Waals surface area contributed by atoms with Crippen LogP contribution < -0.4 is 5.32 Å². The highest BCUT2D eigenvalue weighted by molar-refractivity contribution is 5.69. The molecule has 1 aromatic rings. The van der Waals surface area contributed by atoms with Crippen LogP contribution in [-0.2, 0) is 16.0 Å². The van der Waals surface area contributed by atoms with Gasteiger partial charge in [0.2, 0.25) is 0 Å². The zero-order valence-corrected chi connectivity index (χ0v) is 12.8. The summed E-state index contributed by atoms with van der Waals surface area (Å²) in [6.07, 6.45) is 2.32. The van der Waals surface area contributed by atoms with Gasteiger partial charge < -0.3 is 15.0 Å². The maximum atomic E-state index is 11.5. The molecule has 0 fully saturated rings. The second-order valence-electron chi connectivity index (χ2n) is 5.28. The highest BCUT2D eigenvalue weighted by Gasteiger charge is 2.14. The number of carbonyl (C=O) groups is 1. The smallest absolute Gasteiger partial charge is 0.307 e. The topological polar surface area (TPSA) is 41.6 Å². The second-order valence-corrected chi connectivity index (χ2v) is 5.28. The van der Waals surface area contributed by atoms with Crippen molar-refractivity contribution in [3.63, 3.8) is 0 Å². The number of nitrogens with zero attached hydrogens (tertiary/aromatic N) is 1. The molecule has 0 spiro atoms. The van der Waals surface area contributed by atoms with E-state index in [1.165, 1.54) is 12.7 Å². The average Bonchev–Trinajstić information content (AvgIpc) is 2.44. The summed E-state index contributed by atoms with van der Waals surface area (Å²) in [5, 5.41) is 3.46. The zero-order valence-electron chi connectivity index (χ0n) is 12.8.